The van der Waals surface area contributed by atoms with Crippen molar-refractivity contribution in [3.63, 3.8) is 0 Å². The summed E-state index contributed by atoms with van der Waals surface area (Å²) in [6.45, 7) is 6.23. The van der Waals surface area contributed by atoms with Gasteiger partial charge >= 0.3 is 0 Å². The highest BCUT2D eigenvalue weighted by molar-refractivity contribution is 6.30. The van der Waals surface area contributed by atoms with Crippen LogP contribution in [0.3, 0.4) is 0 Å². The van der Waals surface area contributed by atoms with Gasteiger partial charge in [0.2, 0.25) is 0 Å². The first-order chi connectivity index (χ1) is 10.3. The van der Waals surface area contributed by atoms with Crippen molar-refractivity contribution in [3.8, 4) is 5.75 Å². The van der Waals surface area contributed by atoms with E-state index in [9.17, 15) is 5.11 Å². The van der Waals surface area contributed by atoms with Crippen molar-refractivity contribution in [1.29, 1.82) is 0 Å². The Labute approximate surface area is 136 Å². The van der Waals surface area contributed by atoms with Crippen LogP contribution in [-0.2, 0) is 6.42 Å². The summed E-state index contributed by atoms with van der Waals surface area (Å²) < 4.78 is 5.80. The Morgan fingerprint density at radius 2 is 1.82 bits per heavy atom. The summed E-state index contributed by atoms with van der Waals surface area (Å²) in [6.07, 6.45) is 3.99. The van der Waals surface area contributed by atoms with Crippen molar-refractivity contribution in [3.05, 3.63) is 59.4 Å². The molecule has 1 N–H and O–H groups in total. The third-order valence-corrected chi connectivity index (χ3v) is 4.16. The fourth-order valence-corrected chi connectivity index (χ4v) is 2.23. The Kier molecular flexibility index (Phi) is 5.09. The zero-order valence-corrected chi connectivity index (χ0v) is 14.0. The molecule has 2 rings (SSSR count). The molecule has 4 heteroatoms. The van der Waals surface area contributed by atoms with E-state index in [0.29, 0.717) is 17.2 Å². The lowest BCUT2D eigenvalue weighted by atomic mass is 9.73. The fourth-order valence-electron chi connectivity index (χ4n) is 2.11. The second-order valence-corrected chi connectivity index (χ2v) is 7.00. The van der Waals surface area contributed by atoms with Crippen LogP contribution in [0.25, 0.3) is 0 Å². The van der Waals surface area contributed by atoms with Crippen molar-refractivity contribution < 1.29 is 9.84 Å². The van der Waals surface area contributed by atoms with Crippen molar-refractivity contribution in [1.82, 2.24) is 4.98 Å². The summed E-state index contributed by atoms with van der Waals surface area (Å²) in [5.74, 6) is 0.693. The molecule has 0 aliphatic carbocycles. The van der Waals surface area contributed by atoms with Crippen LogP contribution in [0.2, 0.25) is 5.02 Å². The number of hydrogen-bond acceptors (Lipinski definition) is 3. The second kappa shape index (κ2) is 6.67. The number of aliphatic hydroxyl groups is 1. The van der Waals surface area contributed by atoms with Crippen molar-refractivity contribution >= 4 is 11.6 Å². The first-order valence-corrected chi connectivity index (χ1v) is 7.68. The van der Waals surface area contributed by atoms with Crippen molar-refractivity contribution in [2.24, 2.45) is 5.41 Å². The minimum absolute atomic E-state index is 0.201. The molecule has 0 bridgehead atoms. The van der Waals surface area contributed by atoms with Crippen molar-refractivity contribution in [2.75, 3.05) is 6.61 Å². The van der Waals surface area contributed by atoms with Gasteiger partial charge < -0.3 is 9.84 Å². The third kappa shape index (κ3) is 4.21. The van der Waals surface area contributed by atoms with Gasteiger partial charge in [-0.3, -0.25) is 4.98 Å². The van der Waals surface area contributed by atoms with Gasteiger partial charge in [0.25, 0.3) is 0 Å². The average Bonchev–Trinajstić information content (AvgIpc) is 2.46. The molecule has 118 valence electrons. The zero-order valence-electron chi connectivity index (χ0n) is 13.2. The first-order valence-electron chi connectivity index (χ1n) is 7.30. The molecule has 0 aliphatic rings. The van der Waals surface area contributed by atoms with Crippen LogP contribution in [0, 0.1) is 5.41 Å². The summed E-state index contributed by atoms with van der Waals surface area (Å²) in [5, 5.41) is 11.8. The van der Waals surface area contributed by atoms with Crippen LogP contribution in [0.4, 0.5) is 0 Å². The highest BCUT2D eigenvalue weighted by Crippen LogP contribution is 2.34. The SMILES string of the molecule is CC(C)(C)C(O)(COc1ccc(Cl)cc1)Cc1cccnc1. The summed E-state index contributed by atoms with van der Waals surface area (Å²) in [4.78, 5) is 4.11. The van der Waals surface area contributed by atoms with Gasteiger partial charge in [0, 0.05) is 23.8 Å². The van der Waals surface area contributed by atoms with E-state index in [4.69, 9.17) is 16.3 Å². The van der Waals surface area contributed by atoms with Crippen LogP contribution >= 0.6 is 11.6 Å². The molecule has 0 aliphatic heterocycles. The number of hydrogen-bond donors (Lipinski definition) is 1. The molecule has 0 saturated heterocycles. The van der Waals surface area contributed by atoms with E-state index in [2.05, 4.69) is 4.98 Å². The minimum atomic E-state index is -1.00. The number of pyridine rings is 1. The minimum Gasteiger partial charge on any atom is -0.491 e. The molecule has 1 unspecified atom stereocenters. The van der Waals surface area contributed by atoms with E-state index in [1.54, 1.807) is 36.7 Å². The number of benzene rings is 1. The normalized spacial score (nSPS) is 14.4. The quantitative estimate of drug-likeness (QED) is 0.901. The molecule has 0 fully saturated rings. The van der Waals surface area contributed by atoms with Gasteiger partial charge in [0.05, 0.1) is 0 Å². The number of rotatable bonds is 5. The summed E-state index contributed by atoms with van der Waals surface area (Å²) in [5.41, 5.74) is -0.357. The maximum Gasteiger partial charge on any atom is 0.119 e. The smallest absolute Gasteiger partial charge is 0.119 e. The standard InChI is InChI=1S/C18H22ClNO2/c1-17(2,3)18(21,11-14-5-4-10-20-12-14)13-22-16-8-6-15(19)7-9-16/h4-10,12,21H,11,13H2,1-3H3. The predicted molar refractivity (Wildman–Crippen MR) is 89.3 cm³/mol. The third-order valence-electron chi connectivity index (χ3n) is 3.91. The summed E-state index contributed by atoms with van der Waals surface area (Å²) >= 11 is 5.87. The van der Waals surface area contributed by atoms with Crippen molar-refractivity contribution in [2.45, 2.75) is 32.8 Å². The van der Waals surface area contributed by atoms with Gasteiger partial charge in [-0.15, -0.1) is 0 Å². The second-order valence-electron chi connectivity index (χ2n) is 6.56. The van der Waals surface area contributed by atoms with E-state index in [-0.39, 0.29) is 12.0 Å². The van der Waals surface area contributed by atoms with Gasteiger partial charge in [-0.2, -0.15) is 0 Å². The van der Waals surface area contributed by atoms with Gasteiger partial charge in [0.1, 0.15) is 18.0 Å². The molecule has 22 heavy (non-hydrogen) atoms. The Hall–Kier alpha value is -1.58. The summed E-state index contributed by atoms with van der Waals surface area (Å²) in [6, 6.07) is 11.0. The van der Waals surface area contributed by atoms with E-state index < -0.39 is 5.60 Å². The highest BCUT2D eigenvalue weighted by atomic mass is 35.5. The molecule has 0 spiro atoms. The van der Waals surface area contributed by atoms with Crippen LogP contribution in [-0.4, -0.2) is 22.3 Å². The molecule has 1 aromatic carbocycles. The predicted octanol–water partition coefficient (Wildman–Crippen LogP) is 4.13. The number of aromatic nitrogens is 1. The number of nitrogens with zero attached hydrogens (tertiary/aromatic N) is 1. The van der Waals surface area contributed by atoms with E-state index in [1.165, 1.54) is 0 Å². The highest BCUT2D eigenvalue weighted by Gasteiger charge is 2.41. The number of ether oxygens (including phenoxy) is 1. The molecule has 1 atom stereocenters. The lowest BCUT2D eigenvalue weighted by Gasteiger charge is -2.40. The van der Waals surface area contributed by atoms with E-state index >= 15 is 0 Å². The monoisotopic (exact) mass is 319 g/mol. The van der Waals surface area contributed by atoms with Crippen LogP contribution in [0.5, 0.6) is 5.75 Å². The lowest BCUT2D eigenvalue weighted by Crippen LogP contribution is -2.49. The van der Waals surface area contributed by atoms with Crippen LogP contribution < -0.4 is 4.74 Å². The molecule has 1 aromatic heterocycles. The summed E-state index contributed by atoms with van der Waals surface area (Å²) in [7, 11) is 0. The van der Waals surface area contributed by atoms with E-state index in [1.807, 2.05) is 32.9 Å². The number of halogens is 1. The maximum absolute atomic E-state index is 11.1. The molecule has 2 aromatic rings. The molecule has 0 radical (unpaired) electrons. The molecule has 1 heterocycles. The Morgan fingerprint density at radius 1 is 1.14 bits per heavy atom. The van der Waals surface area contributed by atoms with Crippen LogP contribution in [0.15, 0.2) is 48.8 Å². The van der Waals surface area contributed by atoms with Crippen LogP contribution in [0.1, 0.15) is 26.3 Å². The van der Waals surface area contributed by atoms with Gasteiger partial charge in [-0.25, -0.2) is 0 Å². The Balaban J connectivity index is 2.13. The zero-order chi connectivity index (χ0) is 16.2. The Morgan fingerprint density at radius 3 is 2.36 bits per heavy atom. The molecular weight excluding hydrogens is 298 g/mol. The first kappa shape index (κ1) is 16.8. The molecule has 3 nitrogen and oxygen atoms in total. The Bertz CT molecular complexity index is 593. The van der Waals surface area contributed by atoms with E-state index in [0.717, 1.165) is 5.56 Å². The van der Waals surface area contributed by atoms with Gasteiger partial charge in [-0.05, 0) is 41.3 Å². The average molecular weight is 320 g/mol. The molecular formula is C18H22ClNO2. The molecule has 0 saturated carbocycles. The topological polar surface area (TPSA) is 42.4 Å². The fraction of sp³-hybridized carbons (Fsp3) is 0.389. The largest absolute Gasteiger partial charge is 0.491 e. The lowest BCUT2D eigenvalue weighted by molar-refractivity contribution is -0.0871. The molecule has 0 amide bonds. The van der Waals surface area contributed by atoms with Gasteiger partial charge in [0.15, 0.2) is 0 Å². The maximum atomic E-state index is 11.1. The van der Waals surface area contributed by atoms with Gasteiger partial charge in [-0.1, -0.05) is 38.4 Å².